The number of hydrogen-bond donors (Lipinski definition) is 1. The van der Waals surface area contributed by atoms with Gasteiger partial charge in [0.2, 0.25) is 0 Å². The predicted octanol–water partition coefficient (Wildman–Crippen LogP) is 3.97. The molecule has 0 aliphatic carbocycles. The van der Waals surface area contributed by atoms with Crippen molar-refractivity contribution in [3.63, 3.8) is 0 Å². The Morgan fingerprint density at radius 3 is 2.38 bits per heavy atom. The van der Waals surface area contributed by atoms with Gasteiger partial charge in [-0.2, -0.15) is 0 Å². The zero-order chi connectivity index (χ0) is 18.4. The zero-order valence-corrected chi connectivity index (χ0v) is 15.5. The van der Waals surface area contributed by atoms with Gasteiger partial charge in [0.1, 0.15) is 18.1 Å². The van der Waals surface area contributed by atoms with Crippen molar-refractivity contribution in [1.29, 1.82) is 0 Å². The number of thiazole rings is 1. The average Bonchev–Trinajstić information content (AvgIpc) is 3.10. The summed E-state index contributed by atoms with van der Waals surface area (Å²) >= 11 is 1.60. The maximum absolute atomic E-state index is 12.2. The van der Waals surface area contributed by atoms with E-state index in [1.807, 2.05) is 36.6 Å². The Balaban J connectivity index is 1.51. The third-order valence-electron chi connectivity index (χ3n) is 3.78. The van der Waals surface area contributed by atoms with E-state index in [4.69, 9.17) is 9.47 Å². The molecule has 0 fully saturated rings. The van der Waals surface area contributed by atoms with Gasteiger partial charge in [0.05, 0.1) is 17.8 Å². The van der Waals surface area contributed by atoms with Gasteiger partial charge in [0.25, 0.3) is 5.91 Å². The van der Waals surface area contributed by atoms with Gasteiger partial charge < -0.3 is 14.8 Å². The van der Waals surface area contributed by atoms with Crippen LogP contribution in [0.5, 0.6) is 11.5 Å². The summed E-state index contributed by atoms with van der Waals surface area (Å²) in [5, 5.41) is 5.91. The van der Waals surface area contributed by atoms with Crippen molar-refractivity contribution in [2.45, 2.75) is 20.1 Å². The number of aryl methyl sites for hydroxylation is 1. The number of hydrogen-bond acceptors (Lipinski definition) is 5. The molecule has 0 atom stereocenters. The van der Waals surface area contributed by atoms with E-state index in [1.54, 1.807) is 42.7 Å². The Labute approximate surface area is 156 Å². The van der Waals surface area contributed by atoms with E-state index in [-0.39, 0.29) is 5.91 Å². The van der Waals surface area contributed by atoms with Gasteiger partial charge in [-0.25, -0.2) is 4.98 Å². The van der Waals surface area contributed by atoms with Gasteiger partial charge in [0.15, 0.2) is 0 Å². The molecule has 5 nitrogen and oxygen atoms in total. The van der Waals surface area contributed by atoms with Crippen LogP contribution in [0.15, 0.2) is 53.9 Å². The molecule has 3 rings (SSSR count). The second-order valence-corrected chi connectivity index (χ2v) is 6.76. The van der Waals surface area contributed by atoms with Crippen LogP contribution in [-0.4, -0.2) is 18.0 Å². The maximum atomic E-state index is 12.2. The minimum Gasteiger partial charge on any atom is -0.497 e. The SMILES string of the molecule is COc1ccc(CNC(=O)c2ccc(OCc3csc(C)n3)cc2)cc1. The standard InChI is InChI=1S/C20H20N2O3S/c1-14-22-17(13-26-14)12-25-19-9-5-16(6-10-19)20(23)21-11-15-3-7-18(24-2)8-4-15/h3-10,13H,11-12H2,1-2H3,(H,21,23). The highest BCUT2D eigenvalue weighted by Gasteiger charge is 2.06. The Kier molecular flexibility index (Phi) is 5.86. The lowest BCUT2D eigenvalue weighted by Gasteiger charge is -2.08. The fourth-order valence-corrected chi connectivity index (χ4v) is 2.96. The molecule has 2 aromatic carbocycles. The maximum Gasteiger partial charge on any atom is 0.251 e. The van der Waals surface area contributed by atoms with Crippen LogP contribution < -0.4 is 14.8 Å². The third kappa shape index (κ3) is 4.83. The number of carbonyl (C=O) groups is 1. The molecule has 1 aromatic heterocycles. The molecule has 1 heterocycles. The molecule has 3 aromatic rings. The molecule has 0 aliphatic rings. The number of ether oxygens (including phenoxy) is 2. The summed E-state index contributed by atoms with van der Waals surface area (Å²) in [7, 11) is 1.63. The molecular formula is C20H20N2O3S. The molecule has 1 amide bonds. The first-order chi connectivity index (χ1) is 12.6. The van der Waals surface area contributed by atoms with Gasteiger partial charge in [-0.05, 0) is 48.9 Å². The summed E-state index contributed by atoms with van der Waals surface area (Å²) in [4.78, 5) is 16.6. The molecule has 0 spiro atoms. The molecule has 26 heavy (non-hydrogen) atoms. The van der Waals surface area contributed by atoms with Crippen LogP contribution >= 0.6 is 11.3 Å². The number of aromatic nitrogens is 1. The van der Waals surface area contributed by atoms with E-state index in [2.05, 4.69) is 10.3 Å². The summed E-state index contributed by atoms with van der Waals surface area (Å²) in [5.74, 6) is 1.38. The highest BCUT2D eigenvalue weighted by molar-refractivity contribution is 7.09. The summed E-state index contributed by atoms with van der Waals surface area (Å²) < 4.78 is 10.8. The van der Waals surface area contributed by atoms with E-state index in [9.17, 15) is 4.79 Å². The number of rotatable bonds is 7. The van der Waals surface area contributed by atoms with Crippen LogP contribution in [-0.2, 0) is 13.2 Å². The number of nitrogens with zero attached hydrogens (tertiary/aromatic N) is 1. The quantitative estimate of drug-likeness (QED) is 0.685. The highest BCUT2D eigenvalue weighted by atomic mass is 32.1. The average molecular weight is 368 g/mol. The molecule has 1 N–H and O–H groups in total. The zero-order valence-electron chi connectivity index (χ0n) is 14.7. The van der Waals surface area contributed by atoms with E-state index >= 15 is 0 Å². The fourth-order valence-electron chi connectivity index (χ4n) is 2.36. The predicted molar refractivity (Wildman–Crippen MR) is 102 cm³/mol. The molecule has 134 valence electrons. The lowest BCUT2D eigenvalue weighted by Crippen LogP contribution is -2.22. The lowest BCUT2D eigenvalue weighted by molar-refractivity contribution is 0.0951. The highest BCUT2D eigenvalue weighted by Crippen LogP contribution is 2.16. The van der Waals surface area contributed by atoms with E-state index in [0.29, 0.717) is 24.5 Å². The summed E-state index contributed by atoms with van der Waals surface area (Å²) in [6.45, 7) is 2.85. The van der Waals surface area contributed by atoms with Crippen molar-refractivity contribution in [3.8, 4) is 11.5 Å². The van der Waals surface area contributed by atoms with Crippen LogP contribution in [0.3, 0.4) is 0 Å². The second-order valence-electron chi connectivity index (χ2n) is 5.70. The van der Waals surface area contributed by atoms with Gasteiger partial charge in [-0.15, -0.1) is 11.3 Å². The van der Waals surface area contributed by atoms with Crippen molar-refractivity contribution in [2.75, 3.05) is 7.11 Å². The number of benzene rings is 2. The topological polar surface area (TPSA) is 60.5 Å². The fraction of sp³-hybridized carbons (Fsp3) is 0.200. The largest absolute Gasteiger partial charge is 0.497 e. The van der Waals surface area contributed by atoms with E-state index in [1.165, 1.54) is 0 Å². The minimum absolute atomic E-state index is 0.123. The molecule has 6 heteroatoms. The first kappa shape index (κ1) is 17.9. The first-order valence-corrected chi connectivity index (χ1v) is 9.07. The summed E-state index contributed by atoms with van der Waals surface area (Å²) in [6.07, 6.45) is 0. The molecule has 0 aliphatic heterocycles. The Morgan fingerprint density at radius 2 is 1.77 bits per heavy atom. The van der Waals surface area contributed by atoms with Crippen molar-refractivity contribution in [2.24, 2.45) is 0 Å². The number of amides is 1. The number of carbonyl (C=O) groups excluding carboxylic acids is 1. The van der Waals surface area contributed by atoms with Crippen LogP contribution in [0.25, 0.3) is 0 Å². The van der Waals surface area contributed by atoms with Crippen LogP contribution in [0.1, 0.15) is 26.6 Å². The van der Waals surface area contributed by atoms with Crippen LogP contribution in [0.4, 0.5) is 0 Å². The first-order valence-electron chi connectivity index (χ1n) is 8.19. The Bertz CT molecular complexity index is 858. The van der Waals surface area contributed by atoms with E-state index < -0.39 is 0 Å². The van der Waals surface area contributed by atoms with Crippen molar-refractivity contribution >= 4 is 17.2 Å². The molecule has 0 unspecified atom stereocenters. The van der Waals surface area contributed by atoms with Gasteiger partial charge in [-0.1, -0.05) is 12.1 Å². The van der Waals surface area contributed by atoms with Gasteiger partial charge in [-0.3, -0.25) is 4.79 Å². The normalized spacial score (nSPS) is 10.4. The Hall–Kier alpha value is -2.86. The van der Waals surface area contributed by atoms with Crippen molar-refractivity contribution in [3.05, 3.63) is 75.7 Å². The number of nitrogens with one attached hydrogen (secondary N) is 1. The minimum atomic E-state index is -0.123. The van der Waals surface area contributed by atoms with Gasteiger partial charge >= 0.3 is 0 Å². The number of methoxy groups -OCH3 is 1. The van der Waals surface area contributed by atoms with Crippen molar-refractivity contribution < 1.29 is 14.3 Å². The third-order valence-corrected chi connectivity index (χ3v) is 4.60. The van der Waals surface area contributed by atoms with Crippen molar-refractivity contribution in [1.82, 2.24) is 10.3 Å². The van der Waals surface area contributed by atoms with E-state index in [0.717, 1.165) is 22.0 Å². The summed E-state index contributed by atoms with van der Waals surface area (Å²) in [5.41, 5.74) is 2.52. The molecule has 0 saturated carbocycles. The molecular weight excluding hydrogens is 348 g/mol. The summed E-state index contributed by atoms with van der Waals surface area (Å²) in [6, 6.07) is 14.7. The molecule has 0 radical (unpaired) electrons. The molecule has 0 saturated heterocycles. The Morgan fingerprint density at radius 1 is 1.08 bits per heavy atom. The monoisotopic (exact) mass is 368 g/mol. The van der Waals surface area contributed by atoms with Crippen LogP contribution in [0, 0.1) is 6.92 Å². The van der Waals surface area contributed by atoms with Crippen LogP contribution in [0.2, 0.25) is 0 Å². The molecule has 0 bridgehead atoms. The lowest BCUT2D eigenvalue weighted by atomic mass is 10.2. The second kappa shape index (κ2) is 8.49. The van der Waals surface area contributed by atoms with Gasteiger partial charge in [0, 0.05) is 17.5 Å². The smallest absolute Gasteiger partial charge is 0.251 e.